The first-order valence-corrected chi connectivity index (χ1v) is 7.77. The lowest BCUT2D eigenvalue weighted by Crippen LogP contribution is -2.30. The number of sulfonamides is 1. The quantitative estimate of drug-likeness (QED) is 0.879. The Labute approximate surface area is 108 Å². The maximum absolute atomic E-state index is 12.2. The van der Waals surface area contributed by atoms with Gasteiger partial charge in [0.1, 0.15) is 5.82 Å². The zero-order chi connectivity index (χ0) is 13.2. The van der Waals surface area contributed by atoms with Crippen LogP contribution in [0.15, 0.2) is 12.3 Å². The summed E-state index contributed by atoms with van der Waals surface area (Å²) < 4.78 is 27.0. The van der Waals surface area contributed by atoms with Crippen molar-refractivity contribution in [1.29, 1.82) is 0 Å². The largest absolute Gasteiger partial charge is 0.397 e. The number of nitrogens with two attached hydrogens (primary N) is 1. The molecule has 3 N–H and O–H groups in total. The SMILES string of the molecule is Cc1cc(N)cnc1NS(=O)(=O)C1CCCCC1. The van der Waals surface area contributed by atoms with Gasteiger partial charge in [0.25, 0.3) is 0 Å². The van der Waals surface area contributed by atoms with E-state index in [1.807, 2.05) is 0 Å². The normalized spacial score (nSPS) is 17.6. The number of pyridine rings is 1. The van der Waals surface area contributed by atoms with Crippen LogP contribution < -0.4 is 10.5 Å². The molecule has 0 saturated heterocycles. The summed E-state index contributed by atoms with van der Waals surface area (Å²) in [4.78, 5) is 4.04. The summed E-state index contributed by atoms with van der Waals surface area (Å²) in [6.07, 6.45) is 6.04. The van der Waals surface area contributed by atoms with Gasteiger partial charge in [-0.25, -0.2) is 13.4 Å². The summed E-state index contributed by atoms with van der Waals surface area (Å²) in [5.74, 6) is 0.384. The summed E-state index contributed by atoms with van der Waals surface area (Å²) in [6.45, 7) is 1.79. The van der Waals surface area contributed by atoms with Gasteiger partial charge in [0, 0.05) is 0 Å². The lowest BCUT2D eigenvalue weighted by molar-refractivity contribution is 0.486. The second-order valence-electron chi connectivity index (χ2n) is 4.84. The molecule has 1 aromatic rings. The third-order valence-corrected chi connectivity index (χ3v) is 5.16. The van der Waals surface area contributed by atoms with Gasteiger partial charge in [-0.1, -0.05) is 19.3 Å². The number of rotatable bonds is 3. The minimum absolute atomic E-state index is 0.287. The number of aryl methyl sites for hydroxylation is 1. The molecule has 0 atom stereocenters. The van der Waals surface area contributed by atoms with Gasteiger partial charge in [-0.2, -0.15) is 0 Å². The molecule has 1 aromatic heterocycles. The zero-order valence-corrected chi connectivity index (χ0v) is 11.3. The number of aromatic nitrogens is 1. The molecule has 0 aromatic carbocycles. The third kappa shape index (κ3) is 2.93. The van der Waals surface area contributed by atoms with E-state index in [2.05, 4.69) is 9.71 Å². The number of hydrogen-bond acceptors (Lipinski definition) is 4. The second kappa shape index (κ2) is 5.14. The van der Waals surface area contributed by atoms with E-state index in [-0.39, 0.29) is 5.25 Å². The Morgan fingerprint density at radius 1 is 1.33 bits per heavy atom. The molecule has 0 aliphatic heterocycles. The predicted molar refractivity (Wildman–Crippen MR) is 72.8 cm³/mol. The van der Waals surface area contributed by atoms with E-state index in [0.29, 0.717) is 11.5 Å². The highest BCUT2D eigenvalue weighted by Gasteiger charge is 2.27. The minimum Gasteiger partial charge on any atom is -0.397 e. The molecule has 0 radical (unpaired) electrons. The van der Waals surface area contributed by atoms with E-state index >= 15 is 0 Å². The number of anilines is 2. The first kappa shape index (κ1) is 13.1. The van der Waals surface area contributed by atoms with Crippen molar-refractivity contribution >= 4 is 21.5 Å². The Morgan fingerprint density at radius 3 is 2.61 bits per heavy atom. The molecule has 1 fully saturated rings. The van der Waals surface area contributed by atoms with Gasteiger partial charge in [-0.05, 0) is 31.4 Å². The van der Waals surface area contributed by atoms with E-state index < -0.39 is 10.0 Å². The average molecular weight is 269 g/mol. The summed E-state index contributed by atoms with van der Waals surface area (Å²) in [5.41, 5.74) is 6.87. The molecule has 0 bridgehead atoms. The van der Waals surface area contributed by atoms with Gasteiger partial charge in [0.2, 0.25) is 10.0 Å². The molecule has 18 heavy (non-hydrogen) atoms. The van der Waals surface area contributed by atoms with Crippen LogP contribution in [0.5, 0.6) is 0 Å². The first-order chi connectivity index (χ1) is 8.49. The third-order valence-electron chi connectivity index (χ3n) is 3.33. The second-order valence-corrected chi connectivity index (χ2v) is 6.80. The molecular weight excluding hydrogens is 250 g/mol. The maximum atomic E-state index is 12.2. The Bertz CT molecular complexity index is 522. The Balaban J connectivity index is 2.16. The average Bonchev–Trinajstić information content (AvgIpc) is 2.34. The first-order valence-electron chi connectivity index (χ1n) is 6.23. The molecule has 1 saturated carbocycles. The lowest BCUT2D eigenvalue weighted by Gasteiger charge is -2.22. The van der Waals surface area contributed by atoms with Crippen LogP contribution in [0.4, 0.5) is 11.5 Å². The molecule has 5 nitrogen and oxygen atoms in total. The minimum atomic E-state index is -3.33. The smallest absolute Gasteiger partial charge is 0.236 e. The van der Waals surface area contributed by atoms with Crippen molar-refractivity contribution in [3.05, 3.63) is 17.8 Å². The van der Waals surface area contributed by atoms with Gasteiger partial charge in [-0.15, -0.1) is 0 Å². The van der Waals surface area contributed by atoms with Crippen LogP contribution in [0.25, 0.3) is 0 Å². The number of hydrogen-bond donors (Lipinski definition) is 2. The summed E-state index contributed by atoms with van der Waals surface area (Å²) in [5, 5.41) is -0.287. The van der Waals surface area contributed by atoms with Crippen molar-refractivity contribution in [1.82, 2.24) is 4.98 Å². The van der Waals surface area contributed by atoms with Gasteiger partial charge in [-0.3, -0.25) is 4.72 Å². The maximum Gasteiger partial charge on any atom is 0.236 e. The van der Waals surface area contributed by atoms with E-state index in [4.69, 9.17) is 5.73 Å². The van der Waals surface area contributed by atoms with Crippen LogP contribution in [-0.4, -0.2) is 18.7 Å². The highest BCUT2D eigenvalue weighted by molar-refractivity contribution is 7.93. The van der Waals surface area contributed by atoms with E-state index in [9.17, 15) is 8.42 Å². The van der Waals surface area contributed by atoms with Gasteiger partial charge >= 0.3 is 0 Å². The molecular formula is C12H19N3O2S. The fraction of sp³-hybridized carbons (Fsp3) is 0.583. The summed E-state index contributed by atoms with van der Waals surface area (Å²) >= 11 is 0. The topological polar surface area (TPSA) is 85.1 Å². The Kier molecular flexibility index (Phi) is 3.75. The summed E-state index contributed by atoms with van der Waals surface area (Å²) in [7, 11) is -3.33. The van der Waals surface area contributed by atoms with Crippen LogP contribution in [0, 0.1) is 6.92 Å². The standard InChI is InChI=1S/C12H19N3O2S/c1-9-7-10(13)8-14-12(9)15-18(16,17)11-5-3-2-4-6-11/h7-8,11H,2-6,13H2,1H3,(H,14,15). The van der Waals surface area contributed by atoms with Crippen molar-refractivity contribution in [2.45, 2.75) is 44.3 Å². The van der Waals surface area contributed by atoms with Crippen LogP contribution >= 0.6 is 0 Å². The van der Waals surface area contributed by atoms with Gasteiger partial charge in [0.15, 0.2) is 0 Å². The molecule has 1 aliphatic rings. The van der Waals surface area contributed by atoms with Gasteiger partial charge in [0.05, 0.1) is 17.1 Å². The van der Waals surface area contributed by atoms with E-state index in [1.165, 1.54) is 6.20 Å². The molecule has 1 heterocycles. The summed E-state index contributed by atoms with van der Waals surface area (Å²) in [6, 6.07) is 1.71. The Hall–Kier alpha value is -1.30. The highest BCUT2D eigenvalue weighted by atomic mass is 32.2. The molecule has 2 rings (SSSR count). The van der Waals surface area contributed by atoms with Crippen LogP contribution in [-0.2, 0) is 10.0 Å². The van der Waals surface area contributed by atoms with Crippen molar-refractivity contribution in [2.75, 3.05) is 10.5 Å². The number of nitrogen functional groups attached to an aromatic ring is 1. The predicted octanol–water partition coefficient (Wildman–Crippen LogP) is 2.05. The van der Waals surface area contributed by atoms with Crippen molar-refractivity contribution in [3.63, 3.8) is 0 Å². The van der Waals surface area contributed by atoms with Crippen molar-refractivity contribution in [2.24, 2.45) is 0 Å². The van der Waals surface area contributed by atoms with Crippen LogP contribution in [0.3, 0.4) is 0 Å². The molecule has 1 aliphatic carbocycles. The monoisotopic (exact) mass is 269 g/mol. The Morgan fingerprint density at radius 2 is 2.00 bits per heavy atom. The number of nitrogens with zero attached hydrogens (tertiary/aromatic N) is 1. The zero-order valence-electron chi connectivity index (χ0n) is 10.5. The highest BCUT2D eigenvalue weighted by Crippen LogP contribution is 2.25. The van der Waals surface area contributed by atoms with Crippen molar-refractivity contribution < 1.29 is 8.42 Å². The van der Waals surface area contributed by atoms with Gasteiger partial charge < -0.3 is 5.73 Å². The molecule has 0 unspecified atom stereocenters. The van der Waals surface area contributed by atoms with Crippen LogP contribution in [0.1, 0.15) is 37.7 Å². The van der Waals surface area contributed by atoms with Crippen LogP contribution in [0.2, 0.25) is 0 Å². The molecule has 0 amide bonds. The fourth-order valence-electron chi connectivity index (χ4n) is 2.30. The molecule has 100 valence electrons. The molecule has 6 heteroatoms. The lowest BCUT2D eigenvalue weighted by atomic mass is 10.0. The fourth-order valence-corrected chi connectivity index (χ4v) is 3.90. The molecule has 0 spiro atoms. The van der Waals surface area contributed by atoms with E-state index in [0.717, 1.165) is 37.7 Å². The van der Waals surface area contributed by atoms with E-state index in [1.54, 1.807) is 13.0 Å². The van der Waals surface area contributed by atoms with Crippen molar-refractivity contribution in [3.8, 4) is 0 Å². The number of nitrogens with one attached hydrogen (secondary N) is 1.